The van der Waals surface area contributed by atoms with Gasteiger partial charge in [-0.25, -0.2) is 9.59 Å². The minimum atomic E-state index is -1.12. The second-order valence-electron chi connectivity index (χ2n) is 9.43. The van der Waals surface area contributed by atoms with Gasteiger partial charge in [0.2, 0.25) is 11.8 Å². The first-order valence-electron chi connectivity index (χ1n) is 14.9. The fraction of sp³-hybridized carbons (Fsp3) is 0.515. The molecule has 0 saturated carbocycles. The second-order valence-corrected chi connectivity index (χ2v) is 9.43. The van der Waals surface area contributed by atoms with Crippen LogP contribution in [0.3, 0.4) is 0 Å². The Morgan fingerprint density at radius 3 is 1.86 bits per heavy atom. The number of allylic oxidation sites excluding steroid dienone is 10. The molecule has 0 spiro atoms. The van der Waals surface area contributed by atoms with E-state index in [9.17, 15) is 19.2 Å². The number of rotatable bonds is 24. The van der Waals surface area contributed by atoms with Gasteiger partial charge in [-0.1, -0.05) is 67.7 Å². The van der Waals surface area contributed by atoms with Crippen LogP contribution in [0.2, 0.25) is 0 Å². The minimum absolute atomic E-state index is 0.114. The third-order valence-electron chi connectivity index (χ3n) is 5.79. The Balaban J connectivity index is 4.25. The van der Waals surface area contributed by atoms with E-state index in [2.05, 4.69) is 83.1 Å². The van der Waals surface area contributed by atoms with E-state index >= 15 is 0 Å². The third-order valence-corrected chi connectivity index (χ3v) is 5.79. The van der Waals surface area contributed by atoms with Gasteiger partial charge in [0.1, 0.15) is 12.1 Å². The van der Waals surface area contributed by atoms with Crippen molar-refractivity contribution < 1.29 is 38.9 Å². The Morgan fingerprint density at radius 2 is 1.33 bits per heavy atom. The molecule has 0 aromatic carbocycles. The maximum Gasteiger partial charge on any atom is 0.330 e. The molecule has 10 heteroatoms. The Kier molecular flexibility index (Phi) is 25.9. The fourth-order valence-corrected chi connectivity index (χ4v) is 3.43. The SMILES string of the molecule is CC/C=C\C/C=C\C/C=C\C/C=C\C/C=C\CCCC(=O)NCCC[C@H](NC(=O)/C=C/C(=O)OC)C(=O)OC(CO)CO. The summed E-state index contributed by atoms with van der Waals surface area (Å²) in [5, 5.41) is 23.5. The molecule has 0 aliphatic rings. The third kappa shape index (κ3) is 24.5. The lowest BCUT2D eigenvalue weighted by Crippen LogP contribution is -2.44. The lowest BCUT2D eigenvalue weighted by molar-refractivity contribution is -0.157. The number of aliphatic hydroxyl groups excluding tert-OH is 2. The molecule has 43 heavy (non-hydrogen) atoms. The molecule has 0 unspecified atom stereocenters. The van der Waals surface area contributed by atoms with Crippen LogP contribution in [0.25, 0.3) is 0 Å². The Hall–Kier alpha value is -3.76. The Bertz CT molecular complexity index is 962. The van der Waals surface area contributed by atoms with Gasteiger partial charge >= 0.3 is 11.9 Å². The quantitative estimate of drug-likeness (QED) is 0.0562. The van der Waals surface area contributed by atoms with Crippen molar-refractivity contribution in [3.05, 3.63) is 72.9 Å². The van der Waals surface area contributed by atoms with E-state index in [-0.39, 0.29) is 18.9 Å². The van der Waals surface area contributed by atoms with Gasteiger partial charge in [0.05, 0.1) is 20.3 Å². The molecular formula is C33H50N2O8. The van der Waals surface area contributed by atoms with E-state index in [0.29, 0.717) is 19.3 Å². The van der Waals surface area contributed by atoms with Crippen molar-refractivity contribution >= 4 is 23.8 Å². The molecule has 10 nitrogen and oxygen atoms in total. The first kappa shape index (κ1) is 39.2. The molecule has 1 atom stereocenters. The van der Waals surface area contributed by atoms with Crippen LogP contribution in [0.1, 0.15) is 71.1 Å². The van der Waals surface area contributed by atoms with Crippen molar-refractivity contribution in [1.29, 1.82) is 0 Å². The molecule has 2 amide bonds. The van der Waals surface area contributed by atoms with Crippen LogP contribution in [0.15, 0.2) is 72.9 Å². The van der Waals surface area contributed by atoms with E-state index in [4.69, 9.17) is 14.9 Å². The molecule has 0 aromatic heterocycles. The monoisotopic (exact) mass is 602 g/mol. The van der Waals surface area contributed by atoms with Gasteiger partial charge in [-0.2, -0.15) is 0 Å². The number of unbranched alkanes of at least 4 members (excludes halogenated alkanes) is 1. The normalized spacial score (nSPS) is 12.9. The first-order valence-corrected chi connectivity index (χ1v) is 14.9. The number of esters is 2. The smallest absolute Gasteiger partial charge is 0.330 e. The number of ether oxygens (including phenoxy) is 2. The average Bonchev–Trinajstić information content (AvgIpc) is 3.01. The number of aliphatic hydroxyl groups is 2. The van der Waals surface area contributed by atoms with Gasteiger partial charge in [-0.15, -0.1) is 0 Å². The summed E-state index contributed by atoms with van der Waals surface area (Å²) in [6, 6.07) is -1.11. The topological polar surface area (TPSA) is 151 Å². The summed E-state index contributed by atoms with van der Waals surface area (Å²) in [5.41, 5.74) is 0. The largest absolute Gasteiger partial charge is 0.466 e. The van der Waals surface area contributed by atoms with E-state index in [1.807, 2.05) is 0 Å². The molecule has 0 bridgehead atoms. The number of nitrogens with one attached hydrogen (secondary N) is 2. The zero-order valence-corrected chi connectivity index (χ0v) is 25.6. The van der Waals surface area contributed by atoms with Gasteiger partial charge in [-0.05, 0) is 57.8 Å². The lowest BCUT2D eigenvalue weighted by atomic mass is 10.1. The lowest BCUT2D eigenvalue weighted by Gasteiger charge is -2.20. The van der Waals surface area contributed by atoms with E-state index < -0.39 is 43.2 Å². The predicted octanol–water partition coefficient (Wildman–Crippen LogP) is 3.91. The van der Waals surface area contributed by atoms with Crippen LogP contribution in [-0.4, -0.2) is 73.0 Å². The summed E-state index contributed by atoms with van der Waals surface area (Å²) < 4.78 is 9.43. The number of amides is 2. The number of hydrogen-bond donors (Lipinski definition) is 4. The molecule has 0 saturated heterocycles. The second kappa shape index (κ2) is 28.4. The predicted molar refractivity (Wildman–Crippen MR) is 168 cm³/mol. The molecule has 0 aliphatic carbocycles. The van der Waals surface area contributed by atoms with Crippen molar-refractivity contribution in [3.63, 3.8) is 0 Å². The average molecular weight is 603 g/mol. The van der Waals surface area contributed by atoms with Crippen LogP contribution < -0.4 is 10.6 Å². The van der Waals surface area contributed by atoms with Gasteiger partial charge in [0.25, 0.3) is 0 Å². The van der Waals surface area contributed by atoms with Crippen LogP contribution in [-0.2, 0) is 28.7 Å². The van der Waals surface area contributed by atoms with Crippen LogP contribution in [0.4, 0.5) is 0 Å². The van der Waals surface area contributed by atoms with E-state index in [1.165, 1.54) is 0 Å². The van der Waals surface area contributed by atoms with Crippen molar-refractivity contribution in [2.75, 3.05) is 26.9 Å². The summed E-state index contributed by atoms with van der Waals surface area (Å²) in [4.78, 5) is 47.8. The highest BCUT2D eigenvalue weighted by molar-refractivity contribution is 5.96. The number of carbonyl (C=O) groups excluding carboxylic acids is 4. The maximum absolute atomic E-state index is 12.4. The molecule has 0 fully saturated rings. The van der Waals surface area contributed by atoms with Crippen molar-refractivity contribution in [3.8, 4) is 0 Å². The first-order chi connectivity index (χ1) is 20.9. The standard InChI is InChI=1S/C33H50N2O8/c1-3-4-5-6-7-8-9-10-11-12-13-14-15-16-17-18-19-22-30(38)34-25-20-21-29(33(41)43-28(26-36)27-37)35-31(39)23-24-32(40)42-2/h4-5,7-8,10-11,13-14,16-17,23-24,28-29,36-37H,3,6,9,12,15,18-22,25-27H2,1-2H3,(H,34,38)(H,35,39)/b5-4-,8-7-,11-10-,14-13-,17-16-,24-23+/t29-/m0/s1. The number of methoxy groups -OCH3 is 1. The maximum atomic E-state index is 12.4. The molecule has 0 rings (SSSR count). The molecule has 0 aliphatic heterocycles. The van der Waals surface area contributed by atoms with Crippen LogP contribution in [0, 0.1) is 0 Å². The van der Waals surface area contributed by atoms with Gasteiger partial charge in [-0.3, -0.25) is 9.59 Å². The Morgan fingerprint density at radius 1 is 0.767 bits per heavy atom. The number of carbonyl (C=O) groups is 4. The van der Waals surface area contributed by atoms with Crippen molar-refractivity contribution in [1.82, 2.24) is 10.6 Å². The van der Waals surface area contributed by atoms with Crippen LogP contribution >= 0.6 is 0 Å². The van der Waals surface area contributed by atoms with Crippen molar-refractivity contribution in [2.45, 2.75) is 83.3 Å². The summed E-state index contributed by atoms with van der Waals surface area (Å²) in [5.74, 6) is -2.43. The van der Waals surface area contributed by atoms with Gasteiger partial charge < -0.3 is 30.3 Å². The highest BCUT2D eigenvalue weighted by Crippen LogP contribution is 2.04. The van der Waals surface area contributed by atoms with E-state index in [0.717, 1.165) is 57.8 Å². The van der Waals surface area contributed by atoms with Gasteiger partial charge in [0.15, 0.2) is 0 Å². The summed E-state index contributed by atoms with van der Waals surface area (Å²) >= 11 is 0. The van der Waals surface area contributed by atoms with Gasteiger partial charge in [0, 0.05) is 25.1 Å². The fourth-order valence-electron chi connectivity index (χ4n) is 3.43. The number of hydrogen-bond acceptors (Lipinski definition) is 8. The molecule has 0 aromatic rings. The Labute approximate surface area is 256 Å². The highest BCUT2D eigenvalue weighted by Gasteiger charge is 2.24. The molecule has 4 N–H and O–H groups in total. The van der Waals surface area contributed by atoms with Crippen LogP contribution in [0.5, 0.6) is 0 Å². The summed E-state index contributed by atoms with van der Waals surface area (Å²) in [6.45, 7) is 1.24. The molecule has 240 valence electrons. The van der Waals surface area contributed by atoms with E-state index in [1.54, 1.807) is 0 Å². The van der Waals surface area contributed by atoms with Crippen molar-refractivity contribution in [2.24, 2.45) is 0 Å². The molecule has 0 radical (unpaired) electrons. The molecular weight excluding hydrogens is 552 g/mol. The summed E-state index contributed by atoms with van der Waals surface area (Å²) in [6.07, 6.45) is 29.2. The minimum Gasteiger partial charge on any atom is -0.466 e. The summed E-state index contributed by atoms with van der Waals surface area (Å²) in [7, 11) is 1.16. The highest BCUT2D eigenvalue weighted by atomic mass is 16.6. The molecule has 0 heterocycles. The zero-order chi connectivity index (χ0) is 32.0. The zero-order valence-electron chi connectivity index (χ0n) is 25.6.